The molecule has 154 valence electrons. The second kappa shape index (κ2) is 9.84. The first-order valence-electron chi connectivity index (χ1n) is 9.45. The summed E-state index contributed by atoms with van der Waals surface area (Å²) in [6.45, 7) is 8.83. The van der Waals surface area contributed by atoms with E-state index in [1.165, 1.54) is 23.1 Å². The molecule has 1 aromatic carbocycles. The predicted molar refractivity (Wildman–Crippen MR) is 116 cm³/mol. The van der Waals surface area contributed by atoms with Gasteiger partial charge in [0.2, 0.25) is 11.0 Å². The van der Waals surface area contributed by atoms with Crippen molar-refractivity contribution in [2.24, 2.45) is 0 Å². The number of hydrogen-bond acceptors (Lipinski definition) is 8. The summed E-state index contributed by atoms with van der Waals surface area (Å²) in [4.78, 5) is 12.3. The van der Waals surface area contributed by atoms with E-state index in [0.717, 1.165) is 40.3 Å². The molecule has 0 radical (unpaired) electrons. The lowest BCUT2D eigenvalue weighted by Crippen LogP contribution is -2.14. The zero-order valence-corrected chi connectivity index (χ0v) is 18.5. The van der Waals surface area contributed by atoms with Crippen molar-refractivity contribution in [3.63, 3.8) is 0 Å². The van der Waals surface area contributed by atoms with Crippen LogP contribution >= 0.6 is 23.1 Å². The van der Waals surface area contributed by atoms with E-state index in [1.807, 2.05) is 56.5 Å². The molecule has 10 heteroatoms. The number of aryl methyl sites for hydroxylation is 1. The lowest BCUT2D eigenvalue weighted by atomic mass is 10.2. The Hall–Kier alpha value is -2.46. The van der Waals surface area contributed by atoms with Crippen LogP contribution in [0.5, 0.6) is 5.75 Å². The van der Waals surface area contributed by atoms with Gasteiger partial charge in [-0.25, -0.2) is 0 Å². The van der Waals surface area contributed by atoms with Crippen LogP contribution in [-0.4, -0.2) is 42.7 Å². The monoisotopic (exact) mass is 432 g/mol. The minimum absolute atomic E-state index is 0.127. The Bertz CT molecular complexity index is 952. The van der Waals surface area contributed by atoms with Crippen LogP contribution in [0.3, 0.4) is 0 Å². The molecule has 0 spiro atoms. The molecular weight excluding hydrogens is 408 g/mol. The molecule has 2 heterocycles. The lowest BCUT2D eigenvalue weighted by Gasteiger charge is -2.09. The largest absolute Gasteiger partial charge is 0.491 e. The topological polar surface area (TPSA) is 94.8 Å². The molecule has 2 aromatic heterocycles. The smallest absolute Gasteiger partial charge is 0.236 e. The molecule has 0 saturated heterocycles. The minimum Gasteiger partial charge on any atom is -0.491 e. The molecule has 1 amide bonds. The normalized spacial score (nSPS) is 11.1. The molecule has 3 aromatic rings. The second-order valence-corrected chi connectivity index (χ2v) is 8.36. The highest BCUT2D eigenvalue weighted by Crippen LogP contribution is 2.28. The Morgan fingerprint density at radius 1 is 1.17 bits per heavy atom. The number of hydrogen-bond donors (Lipinski definition) is 1. The summed E-state index contributed by atoms with van der Waals surface area (Å²) in [5.74, 6) is 1.82. The standard InChI is InChI=1S/C19H24N6O2S2/c1-5-15-21-24-19(25(15)6-2)28-11-16(26)20-18-23-22-17(29-18)13-7-9-14(10-8-13)27-12(3)4/h7-10,12H,5-6,11H2,1-4H3,(H,20,23,26). The van der Waals surface area contributed by atoms with Gasteiger partial charge < -0.3 is 9.30 Å². The highest BCUT2D eigenvalue weighted by molar-refractivity contribution is 7.99. The number of amides is 1. The maximum absolute atomic E-state index is 12.3. The van der Waals surface area contributed by atoms with Crippen LogP contribution in [0.15, 0.2) is 29.4 Å². The SMILES string of the molecule is CCc1nnc(SCC(=O)Nc2nnc(-c3ccc(OC(C)C)cc3)s2)n1CC. The van der Waals surface area contributed by atoms with E-state index in [2.05, 4.69) is 25.7 Å². The van der Waals surface area contributed by atoms with E-state index >= 15 is 0 Å². The Morgan fingerprint density at radius 3 is 2.59 bits per heavy atom. The molecule has 0 bridgehead atoms. The van der Waals surface area contributed by atoms with Crippen LogP contribution in [0.2, 0.25) is 0 Å². The fraction of sp³-hybridized carbons (Fsp3) is 0.421. The number of benzene rings is 1. The van der Waals surface area contributed by atoms with Gasteiger partial charge in [-0.2, -0.15) is 0 Å². The van der Waals surface area contributed by atoms with E-state index in [9.17, 15) is 4.79 Å². The van der Waals surface area contributed by atoms with E-state index < -0.39 is 0 Å². The third kappa shape index (κ3) is 5.54. The number of carbonyl (C=O) groups excluding carboxylic acids is 1. The predicted octanol–water partition coefficient (Wildman–Crippen LogP) is 3.90. The second-order valence-electron chi connectivity index (χ2n) is 6.44. The van der Waals surface area contributed by atoms with Crippen LogP contribution in [-0.2, 0) is 17.8 Å². The minimum atomic E-state index is -0.151. The summed E-state index contributed by atoms with van der Waals surface area (Å²) in [6, 6.07) is 7.67. The molecule has 0 saturated carbocycles. The molecule has 0 atom stereocenters. The van der Waals surface area contributed by atoms with Gasteiger partial charge in [0.1, 0.15) is 16.6 Å². The number of ether oxygens (including phenoxy) is 1. The summed E-state index contributed by atoms with van der Waals surface area (Å²) in [5.41, 5.74) is 0.927. The van der Waals surface area contributed by atoms with Gasteiger partial charge in [-0.1, -0.05) is 30.0 Å². The van der Waals surface area contributed by atoms with Crippen molar-refractivity contribution >= 4 is 34.1 Å². The zero-order chi connectivity index (χ0) is 20.8. The van der Waals surface area contributed by atoms with Gasteiger partial charge >= 0.3 is 0 Å². The summed E-state index contributed by atoms with van der Waals surface area (Å²) >= 11 is 2.70. The maximum atomic E-state index is 12.3. The first-order chi connectivity index (χ1) is 14.0. The van der Waals surface area contributed by atoms with Crippen LogP contribution in [0.1, 0.15) is 33.5 Å². The molecule has 0 fully saturated rings. The lowest BCUT2D eigenvalue weighted by molar-refractivity contribution is -0.113. The van der Waals surface area contributed by atoms with Crippen molar-refractivity contribution < 1.29 is 9.53 Å². The van der Waals surface area contributed by atoms with Crippen molar-refractivity contribution in [2.45, 2.75) is 51.9 Å². The van der Waals surface area contributed by atoms with Gasteiger partial charge in [0.25, 0.3) is 0 Å². The molecule has 1 N–H and O–H groups in total. The van der Waals surface area contributed by atoms with Crippen molar-refractivity contribution in [3.05, 3.63) is 30.1 Å². The Kier molecular flexibility index (Phi) is 7.21. The molecule has 0 aliphatic rings. The van der Waals surface area contributed by atoms with E-state index in [-0.39, 0.29) is 17.8 Å². The molecule has 0 aliphatic carbocycles. The van der Waals surface area contributed by atoms with Crippen LogP contribution in [0, 0.1) is 0 Å². The summed E-state index contributed by atoms with van der Waals surface area (Å²) in [7, 11) is 0. The molecule has 0 unspecified atom stereocenters. The number of rotatable bonds is 9. The van der Waals surface area contributed by atoms with Crippen LogP contribution in [0.25, 0.3) is 10.6 Å². The van der Waals surface area contributed by atoms with Crippen molar-refractivity contribution in [1.29, 1.82) is 0 Å². The third-order valence-electron chi connectivity index (χ3n) is 3.90. The van der Waals surface area contributed by atoms with Crippen LogP contribution in [0.4, 0.5) is 5.13 Å². The van der Waals surface area contributed by atoms with Gasteiger partial charge in [0.05, 0.1) is 11.9 Å². The fourth-order valence-electron chi connectivity index (χ4n) is 2.63. The van der Waals surface area contributed by atoms with Crippen molar-refractivity contribution in [1.82, 2.24) is 25.0 Å². The van der Waals surface area contributed by atoms with Crippen molar-refractivity contribution in [3.8, 4) is 16.3 Å². The fourth-order valence-corrected chi connectivity index (χ4v) is 4.22. The molecular formula is C19H24N6O2S2. The quantitative estimate of drug-likeness (QED) is 0.512. The third-order valence-corrected chi connectivity index (χ3v) is 5.76. The van der Waals surface area contributed by atoms with Gasteiger partial charge in [0, 0.05) is 18.5 Å². The number of thioether (sulfide) groups is 1. The van der Waals surface area contributed by atoms with E-state index in [1.54, 1.807) is 0 Å². The summed E-state index contributed by atoms with van der Waals surface area (Å²) in [5, 5.41) is 21.3. The van der Waals surface area contributed by atoms with Gasteiger partial charge in [0.15, 0.2) is 5.16 Å². The van der Waals surface area contributed by atoms with Crippen molar-refractivity contribution in [2.75, 3.05) is 11.1 Å². The van der Waals surface area contributed by atoms with Gasteiger partial charge in [-0.3, -0.25) is 10.1 Å². The zero-order valence-electron chi connectivity index (χ0n) is 16.9. The average Bonchev–Trinajstić information content (AvgIpc) is 3.32. The number of nitrogens with one attached hydrogen (secondary N) is 1. The first kappa shape index (κ1) is 21.3. The van der Waals surface area contributed by atoms with E-state index in [0.29, 0.717) is 5.13 Å². The Morgan fingerprint density at radius 2 is 1.93 bits per heavy atom. The number of carbonyl (C=O) groups is 1. The molecule has 8 nitrogen and oxygen atoms in total. The Balaban J connectivity index is 1.57. The summed E-state index contributed by atoms with van der Waals surface area (Å²) < 4.78 is 7.67. The maximum Gasteiger partial charge on any atom is 0.236 e. The number of nitrogens with zero attached hydrogens (tertiary/aromatic N) is 5. The first-order valence-corrected chi connectivity index (χ1v) is 11.3. The van der Waals surface area contributed by atoms with Gasteiger partial charge in [-0.05, 0) is 45.0 Å². The number of anilines is 1. The average molecular weight is 433 g/mol. The van der Waals surface area contributed by atoms with Gasteiger partial charge in [-0.15, -0.1) is 20.4 Å². The Labute approximate surface area is 178 Å². The molecule has 0 aliphatic heterocycles. The highest BCUT2D eigenvalue weighted by Gasteiger charge is 2.14. The number of aromatic nitrogens is 5. The summed E-state index contributed by atoms with van der Waals surface area (Å²) in [6.07, 6.45) is 0.938. The van der Waals surface area contributed by atoms with E-state index in [4.69, 9.17) is 4.74 Å². The molecule has 29 heavy (non-hydrogen) atoms. The van der Waals surface area contributed by atoms with Crippen LogP contribution < -0.4 is 10.1 Å². The molecule has 3 rings (SSSR count). The highest BCUT2D eigenvalue weighted by atomic mass is 32.2.